The van der Waals surface area contributed by atoms with Gasteiger partial charge in [-0.3, -0.25) is 4.79 Å². The molecule has 0 saturated carbocycles. The Morgan fingerprint density at radius 2 is 1.92 bits per heavy atom. The highest BCUT2D eigenvalue weighted by molar-refractivity contribution is 5.92. The van der Waals surface area contributed by atoms with Crippen molar-refractivity contribution in [2.24, 2.45) is 0 Å². The lowest BCUT2D eigenvalue weighted by Crippen LogP contribution is -2.37. The maximum atomic E-state index is 12.8. The summed E-state index contributed by atoms with van der Waals surface area (Å²) in [5.41, 5.74) is 1.45. The summed E-state index contributed by atoms with van der Waals surface area (Å²) < 4.78 is 5.00. The Kier molecular flexibility index (Phi) is 7.35. The van der Waals surface area contributed by atoms with Crippen molar-refractivity contribution in [2.75, 3.05) is 25.6 Å². The van der Waals surface area contributed by atoms with Gasteiger partial charge in [-0.15, -0.1) is 10.2 Å². The first-order valence-electron chi connectivity index (χ1n) is 8.53. The van der Waals surface area contributed by atoms with Crippen LogP contribution in [-0.2, 0) is 11.3 Å². The van der Waals surface area contributed by atoms with Crippen LogP contribution in [0.4, 0.5) is 5.82 Å². The quantitative estimate of drug-likeness (QED) is 0.710. The van der Waals surface area contributed by atoms with Crippen LogP contribution >= 0.6 is 0 Å². The molecule has 6 nitrogen and oxygen atoms in total. The Labute approximate surface area is 149 Å². The molecule has 0 aliphatic rings. The summed E-state index contributed by atoms with van der Waals surface area (Å²) in [6, 6.07) is 13.5. The number of hydrogen-bond acceptors (Lipinski definition) is 5. The summed E-state index contributed by atoms with van der Waals surface area (Å²) in [5.74, 6) is 0.545. The van der Waals surface area contributed by atoms with Crippen molar-refractivity contribution >= 4 is 11.7 Å². The molecular formula is C19H26N4O2. The van der Waals surface area contributed by atoms with Crippen LogP contribution in [0.1, 0.15) is 36.3 Å². The predicted molar refractivity (Wildman–Crippen MR) is 98.5 cm³/mol. The molecule has 0 aliphatic carbocycles. The van der Waals surface area contributed by atoms with Gasteiger partial charge in [0.25, 0.3) is 5.91 Å². The van der Waals surface area contributed by atoms with E-state index >= 15 is 0 Å². The molecule has 0 unspecified atom stereocenters. The van der Waals surface area contributed by atoms with Crippen LogP contribution in [0.5, 0.6) is 0 Å². The zero-order chi connectivity index (χ0) is 18.1. The van der Waals surface area contributed by atoms with Crippen LogP contribution in [0.3, 0.4) is 0 Å². The zero-order valence-electron chi connectivity index (χ0n) is 15.1. The second kappa shape index (κ2) is 9.74. The minimum atomic E-state index is -0.114. The third-order valence-electron chi connectivity index (χ3n) is 3.79. The van der Waals surface area contributed by atoms with Crippen LogP contribution < -0.4 is 5.32 Å². The zero-order valence-corrected chi connectivity index (χ0v) is 15.1. The summed E-state index contributed by atoms with van der Waals surface area (Å²) in [6.45, 7) is 6.00. The van der Waals surface area contributed by atoms with Crippen LogP contribution in [0, 0.1) is 0 Å². The van der Waals surface area contributed by atoms with E-state index in [9.17, 15) is 4.79 Å². The topological polar surface area (TPSA) is 67.3 Å². The summed E-state index contributed by atoms with van der Waals surface area (Å²) in [6.07, 6.45) is 0.886. The standard InChI is InChI=1S/C19H26N4O2/c1-15(2)23(14-16-8-5-4-6-9-16)19(24)17-10-11-18(22-21-17)20-12-7-13-25-3/h4-6,8-11,15H,7,12-14H2,1-3H3,(H,20,22). The lowest BCUT2D eigenvalue weighted by atomic mass is 10.1. The SMILES string of the molecule is COCCCNc1ccc(C(=O)N(Cc2ccccc2)C(C)C)nn1. The van der Waals surface area contributed by atoms with Gasteiger partial charge in [-0.05, 0) is 38.0 Å². The van der Waals surface area contributed by atoms with Gasteiger partial charge in [0, 0.05) is 32.8 Å². The van der Waals surface area contributed by atoms with E-state index in [1.807, 2.05) is 44.2 Å². The second-order valence-corrected chi connectivity index (χ2v) is 6.09. The number of amides is 1. The number of anilines is 1. The number of rotatable bonds is 9. The fourth-order valence-electron chi connectivity index (χ4n) is 2.39. The highest BCUT2D eigenvalue weighted by atomic mass is 16.5. The second-order valence-electron chi connectivity index (χ2n) is 6.09. The predicted octanol–water partition coefficient (Wildman–Crippen LogP) is 2.98. The van der Waals surface area contributed by atoms with Crippen LogP contribution in [-0.4, -0.2) is 47.3 Å². The molecule has 1 amide bonds. The molecule has 0 bridgehead atoms. The van der Waals surface area contributed by atoms with Gasteiger partial charge in [0.15, 0.2) is 5.69 Å². The fraction of sp³-hybridized carbons (Fsp3) is 0.421. The van der Waals surface area contributed by atoms with Gasteiger partial charge in [0.05, 0.1) is 0 Å². The highest BCUT2D eigenvalue weighted by Crippen LogP contribution is 2.13. The van der Waals surface area contributed by atoms with Crippen LogP contribution in [0.2, 0.25) is 0 Å². The third-order valence-corrected chi connectivity index (χ3v) is 3.79. The number of carbonyl (C=O) groups is 1. The number of carbonyl (C=O) groups excluding carboxylic acids is 1. The average Bonchev–Trinajstić information content (AvgIpc) is 2.64. The Bertz CT molecular complexity index is 644. The molecule has 2 aromatic rings. The molecule has 1 aromatic carbocycles. The molecule has 0 atom stereocenters. The lowest BCUT2D eigenvalue weighted by Gasteiger charge is -2.26. The minimum Gasteiger partial charge on any atom is -0.385 e. The maximum absolute atomic E-state index is 12.8. The smallest absolute Gasteiger partial charge is 0.274 e. The fourth-order valence-corrected chi connectivity index (χ4v) is 2.39. The maximum Gasteiger partial charge on any atom is 0.274 e. The minimum absolute atomic E-state index is 0.0707. The van der Waals surface area contributed by atoms with Crippen molar-refractivity contribution in [1.82, 2.24) is 15.1 Å². The van der Waals surface area contributed by atoms with E-state index in [1.54, 1.807) is 24.1 Å². The molecule has 2 rings (SSSR count). The molecule has 25 heavy (non-hydrogen) atoms. The molecule has 0 fully saturated rings. The van der Waals surface area contributed by atoms with E-state index in [-0.39, 0.29) is 11.9 Å². The van der Waals surface area contributed by atoms with Crippen molar-refractivity contribution in [3.63, 3.8) is 0 Å². The number of aromatic nitrogens is 2. The average molecular weight is 342 g/mol. The lowest BCUT2D eigenvalue weighted by molar-refractivity contribution is 0.0683. The Balaban J connectivity index is 2.01. The summed E-state index contributed by atoms with van der Waals surface area (Å²) in [4.78, 5) is 14.6. The number of nitrogens with one attached hydrogen (secondary N) is 1. The number of nitrogens with zero attached hydrogens (tertiary/aromatic N) is 3. The molecule has 0 spiro atoms. The van der Waals surface area contributed by atoms with Crippen molar-refractivity contribution in [2.45, 2.75) is 32.9 Å². The van der Waals surface area contributed by atoms with E-state index < -0.39 is 0 Å². The first-order valence-corrected chi connectivity index (χ1v) is 8.53. The Morgan fingerprint density at radius 1 is 1.16 bits per heavy atom. The highest BCUT2D eigenvalue weighted by Gasteiger charge is 2.20. The van der Waals surface area contributed by atoms with Crippen LogP contribution in [0.15, 0.2) is 42.5 Å². The summed E-state index contributed by atoms with van der Waals surface area (Å²) in [7, 11) is 1.68. The molecule has 0 saturated heterocycles. The number of ether oxygens (including phenoxy) is 1. The van der Waals surface area contributed by atoms with Gasteiger partial charge in [-0.25, -0.2) is 0 Å². The molecule has 1 aromatic heterocycles. The van der Waals surface area contributed by atoms with Gasteiger partial charge in [-0.1, -0.05) is 30.3 Å². The first kappa shape index (κ1) is 18.9. The molecule has 0 radical (unpaired) electrons. The largest absolute Gasteiger partial charge is 0.385 e. The van der Waals surface area contributed by atoms with Gasteiger partial charge < -0.3 is 15.0 Å². The first-order chi connectivity index (χ1) is 12.1. The van der Waals surface area contributed by atoms with Crippen molar-refractivity contribution in [1.29, 1.82) is 0 Å². The summed E-state index contributed by atoms with van der Waals surface area (Å²) >= 11 is 0. The third kappa shape index (κ3) is 5.83. The van der Waals surface area contributed by atoms with E-state index in [0.717, 1.165) is 18.5 Å². The van der Waals surface area contributed by atoms with E-state index in [2.05, 4.69) is 15.5 Å². The molecule has 1 N–H and O–H groups in total. The van der Waals surface area contributed by atoms with Gasteiger partial charge in [0.2, 0.25) is 0 Å². The number of benzene rings is 1. The summed E-state index contributed by atoms with van der Waals surface area (Å²) in [5, 5.41) is 11.3. The number of hydrogen-bond donors (Lipinski definition) is 1. The molecule has 6 heteroatoms. The molecule has 134 valence electrons. The number of methoxy groups -OCH3 is 1. The van der Waals surface area contributed by atoms with E-state index in [4.69, 9.17) is 4.74 Å². The van der Waals surface area contributed by atoms with Crippen molar-refractivity contribution < 1.29 is 9.53 Å². The normalized spacial score (nSPS) is 10.7. The van der Waals surface area contributed by atoms with E-state index in [1.165, 1.54) is 0 Å². The Hall–Kier alpha value is -2.47. The van der Waals surface area contributed by atoms with Gasteiger partial charge in [0.1, 0.15) is 5.82 Å². The van der Waals surface area contributed by atoms with Crippen LogP contribution in [0.25, 0.3) is 0 Å². The van der Waals surface area contributed by atoms with Crippen molar-refractivity contribution in [3.8, 4) is 0 Å². The van der Waals surface area contributed by atoms with Gasteiger partial charge >= 0.3 is 0 Å². The van der Waals surface area contributed by atoms with Crippen molar-refractivity contribution in [3.05, 3.63) is 53.7 Å². The molecular weight excluding hydrogens is 316 g/mol. The molecule has 0 aliphatic heterocycles. The Morgan fingerprint density at radius 3 is 2.52 bits per heavy atom. The van der Waals surface area contributed by atoms with E-state index in [0.29, 0.717) is 24.7 Å². The monoisotopic (exact) mass is 342 g/mol. The van der Waals surface area contributed by atoms with Gasteiger partial charge in [-0.2, -0.15) is 0 Å². The molecule has 1 heterocycles.